The molecule has 0 fully saturated rings. The molecule has 0 saturated heterocycles. The number of aliphatic hydroxyl groups excluding tert-OH is 1. The maximum Gasteiger partial charge on any atom is 0.573 e. The number of aromatic nitrogens is 2. The number of amides is 1. The van der Waals surface area contributed by atoms with E-state index >= 15 is 0 Å². The fraction of sp³-hybridized carbons (Fsp3) is 0.211. The molecule has 0 aliphatic heterocycles. The fourth-order valence-corrected chi connectivity index (χ4v) is 3.36. The maximum absolute atomic E-state index is 12.4. The molecule has 0 saturated carbocycles. The molecular weight excluding hydrogens is 407 g/mol. The third kappa shape index (κ3) is 5.30. The summed E-state index contributed by atoms with van der Waals surface area (Å²) in [6, 6.07) is 8.52. The van der Waals surface area contributed by atoms with Crippen molar-refractivity contribution >= 4 is 17.2 Å². The van der Waals surface area contributed by atoms with Gasteiger partial charge in [-0.3, -0.25) is 4.79 Å². The zero-order valence-corrected chi connectivity index (χ0v) is 16.0. The molecule has 2 N–H and O–H groups in total. The summed E-state index contributed by atoms with van der Waals surface area (Å²) in [5.41, 5.74) is 1.88. The van der Waals surface area contributed by atoms with Crippen LogP contribution >= 0.6 is 11.3 Å². The lowest BCUT2D eigenvalue weighted by Crippen LogP contribution is -2.27. The number of hydrogen-bond acceptors (Lipinski definition) is 6. The average molecular weight is 423 g/mol. The molecule has 1 amide bonds. The van der Waals surface area contributed by atoms with Gasteiger partial charge in [0.05, 0.1) is 17.2 Å². The van der Waals surface area contributed by atoms with Gasteiger partial charge in [0, 0.05) is 12.1 Å². The summed E-state index contributed by atoms with van der Waals surface area (Å²) in [5, 5.41) is 13.3. The molecule has 0 aliphatic carbocycles. The number of rotatable bonds is 6. The van der Waals surface area contributed by atoms with Gasteiger partial charge < -0.3 is 15.2 Å². The molecule has 0 bridgehead atoms. The van der Waals surface area contributed by atoms with Gasteiger partial charge in [-0.2, -0.15) is 0 Å². The summed E-state index contributed by atoms with van der Waals surface area (Å²) in [7, 11) is 0. The van der Waals surface area contributed by atoms with Crippen LogP contribution in [0.25, 0.3) is 22.0 Å². The predicted molar refractivity (Wildman–Crippen MR) is 102 cm³/mol. The first-order valence-corrected chi connectivity index (χ1v) is 9.33. The van der Waals surface area contributed by atoms with E-state index < -0.39 is 12.3 Å². The lowest BCUT2D eigenvalue weighted by Gasteiger charge is -2.11. The molecule has 29 heavy (non-hydrogen) atoms. The molecule has 6 nitrogen and oxygen atoms in total. The summed E-state index contributed by atoms with van der Waals surface area (Å²) in [6.45, 7) is 1.73. The zero-order valence-electron chi connectivity index (χ0n) is 15.2. The molecule has 10 heteroatoms. The number of carbonyl (C=O) groups is 1. The van der Waals surface area contributed by atoms with Gasteiger partial charge in [-0.05, 0) is 54.3 Å². The van der Waals surface area contributed by atoms with E-state index in [4.69, 9.17) is 5.11 Å². The van der Waals surface area contributed by atoms with Crippen molar-refractivity contribution in [2.75, 3.05) is 13.2 Å². The van der Waals surface area contributed by atoms with Gasteiger partial charge in [0.1, 0.15) is 11.4 Å². The van der Waals surface area contributed by atoms with Crippen LogP contribution in [0.4, 0.5) is 13.2 Å². The molecule has 152 valence electrons. The van der Waals surface area contributed by atoms with Crippen molar-refractivity contribution in [1.29, 1.82) is 0 Å². The van der Waals surface area contributed by atoms with E-state index in [-0.39, 0.29) is 24.6 Å². The summed E-state index contributed by atoms with van der Waals surface area (Å²) in [6.07, 6.45) is -4.78. The minimum Gasteiger partial charge on any atom is -0.406 e. The highest BCUT2D eigenvalue weighted by molar-refractivity contribution is 7.13. The number of benzene rings is 1. The largest absolute Gasteiger partial charge is 0.573 e. The number of halogens is 3. The highest BCUT2D eigenvalue weighted by atomic mass is 32.1. The second-order valence-corrected chi connectivity index (χ2v) is 6.86. The molecule has 2 aromatic heterocycles. The Hall–Kier alpha value is -2.98. The van der Waals surface area contributed by atoms with E-state index in [0.717, 1.165) is 10.4 Å². The maximum atomic E-state index is 12.4. The van der Waals surface area contributed by atoms with Crippen molar-refractivity contribution < 1.29 is 27.8 Å². The Morgan fingerprint density at radius 1 is 1.21 bits per heavy atom. The quantitative estimate of drug-likeness (QED) is 0.630. The fourth-order valence-electron chi connectivity index (χ4n) is 2.50. The Balaban J connectivity index is 2.01. The predicted octanol–water partition coefficient (Wildman–Crippen LogP) is 3.80. The SMILES string of the molecule is Cc1ccsc1-c1nc(C(=O)NCCO)cc(-c2ccc(OC(F)(F)F)cc2)n1. The van der Waals surface area contributed by atoms with Gasteiger partial charge in [-0.15, -0.1) is 24.5 Å². The number of hydrogen-bond donors (Lipinski definition) is 2. The number of alkyl halides is 3. The molecule has 0 radical (unpaired) electrons. The normalized spacial score (nSPS) is 11.3. The summed E-state index contributed by atoms with van der Waals surface area (Å²) >= 11 is 1.41. The van der Waals surface area contributed by atoms with Crippen LogP contribution in [0.3, 0.4) is 0 Å². The number of nitrogens with one attached hydrogen (secondary N) is 1. The zero-order chi connectivity index (χ0) is 21.0. The van der Waals surface area contributed by atoms with Crippen molar-refractivity contribution in [3.63, 3.8) is 0 Å². The van der Waals surface area contributed by atoms with Crippen LogP contribution in [-0.2, 0) is 0 Å². The smallest absolute Gasteiger partial charge is 0.406 e. The van der Waals surface area contributed by atoms with Gasteiger partial charge in [-0.1, -0.05) is 0 Å². The average Bonchev–Trinajstić information content (AvgIpc) is 3.11. The minimum absolute atomic E-state index is 0.0645. The van der Waals surface area contributed by atoms with E-state index in [9.17, 15) is 18.0 Å². The first kappa shape index (κ1) is 20.7. The van der Waals surface area contributed by atoms with E-state index in [1.54, 1.807) is 0 Å². The van der Waals surface area contributed by atoms with Crippen molar-refractivity contribution in [2.24, 2.45) is 0 Å². The number of thiophene rings is 1. The second-order valence-electron chi connectivity index (χ2n) is 5.95. The molecule has 0 spiro atoms. The Morgan fingerprint density at radius 3 is 2.52 bits per heavy atom. The summed E-state index contributed by atoms with van der Waals surface area (Å²) in [4.78, 5) is 21.9. The van der Waals surface area contributed by atoms with E-state index in [0.29, 0.717) is 17.1 Å². The van der Waals surface area contributed by atoms with Gasteiger partial charge in [0.15, 0.2) is 5.82 Å². The van der Waals surface area contributed by atoms with Crippen LogP contribution in [0, 0.1) is 6.92 Å². The number of carbonyl (C=O) groups excluding carboxylic acids is 1. The molecule has 0 atom stereocenters. The van der Waals surface area contributed by atoms with Crippen molar-refractivity contribution in [1.82, 2.24) is 15.3 Å². The van der Waals surface area contributed by atoms with Gasteiger partial charge in [0.2, 0.25) is 0 Å². The Bertz CT molecular complexity index is 1000. The van der Waals surface area contributed by atoms with E-state index in [1.165, 1.54) is 41.7 Å². The third-order valence-corrected chi connectivity index (χ3v) is 4.82. The highest BCUT2D eigenvalue weighted by Crippen LogP contribution is 2.30. The van der Waals surface area contributed by atoms with E-state index in [1.807, 2.05) is 18.4 Å². The Morgan fingerprint density at radius 2 is 1.93 bits per heavy atom. The minimum atomic E-state index is -4.78. The Kier molecular flexibility index (Phi) is 6.14. The molecule has 2 heterocycles. The third-order valence-electron chi connectivity index (χ3n) is 3.80. The van der Waals surface area contributed by atoms with Crippen LogP contribution in [0.15, 0.2) is 41.8 Å². The van der Waals surface area contributed by atoms with Gasteiger partial charge in [0.25, 0.3) is 5.91 Å². The Labute approximate surface area is 168 Å². The van der Waals surface area contributed by atoms with Gasteiger partial charge >= 0.3 is 6.36 Å². The van der Waals surface area contributed by atoms with Gasteiger partial charge in [-0.25, -0.2) is 9.97 Å². The van der Waals surface area contributed by atoms with Crippen molar-refractivity contribution in [3.05, 3.63) is 53.0 Å². The highest BCUT2D eigenvalue weighted by Gasteiger charge is 2.31. The first-order valence-electron chi connectivity index (χ1n) is 8.45. The summed E-state index contributed by atoms with van der Waals surface area (Å²) < 4.78 is 40.9. The molecule has 0 unspecified atom stereocenters. The lowest BCUT2D eigenvalue weighted by molar-refractivity contribution is -0.274. The topological polar surface area (TPSA) is 84.3 Å². The number of aryl methyl sites for hydroxylation is 1. The molecule has 3 aromatic rings. The van der Waals surface area contributed by atoms with Crippen molar-refractivity contribution in [3.8, 4) is 27.7 Å². The van der Waals surface area contributed by atoms with Crippen LogP contribution in [0.2, 0.25) is 0 Å². The summed E-state index contributed by atoms with van der Waals surface area (Å²) in [5.74, 6) is -0.513. The van der Waals surface area contributed by atoms with Crippen molar-refractivity contribution in [2.45, 2.75) is 13.3 Å². The van der Waals surface area contributed by atoms with Crippen LogP contribution in [0.1, 0.15) is 16.1 Å². The standard InChI is InChI=1S/C19H16F3N3O3S/c1-11-6-9-29-16(11)17-24-14(10-15(25-17)18(27)23-7-8-26)12-2-4-13(5-3-12)28-19(20,21)22/h2-6,9-10,26H,7-8H2,1H3,(H,23,27). The number of ether oxygens (including phenoxy) is 1. The number of aliphatic hydroxyl groups is 1. The van der Waals surface area contributed by atoms with Crippen LogP contribution in [0.5, 0.6) is 5.75 Å². The van der Waals surface area contributed by atoms with Crippen LogP contribution < -0.4 is 10.1 Å². The second kappa shape index (κ2) is 8.58. The molecule has 3 rings (SSSR count). The van der Waals surface area contributed by atoms with Crippen LogP contribution in [-0.4, -0.2) is 40.5 Å². The van der Waals surface area contributed by atoms with E-state index in [2.05, 4.69) is 20.0 Å². The molecule has 1 aromatic carbocycles. The monoisotopic (exact) mass is 423 g/mol. The lowest BCUT2D eigenvalue weighted by atomic mass is 10.1. The number of nitrogens with zero attached hydrogens (tertiary/aromatic N) is 2. The molecular formula is C19H16F3N3O3S. The first-order chi connectivity index (χ1) is 13.8. The molecule has 0 aliphatic rings.